The second-order valence-corrected chi connectivity index (χ2v) is 6.83. The van der Waals surface area contributed by atoms with E-state index in [2.05, 4.69) is 9.71 Å². The predicted molar refractivity (Wildman–Crippen MR) is 70.0 cm³/mol. The Kier molecular flexibility index (Phi) is 4.72. The fraction of sp³-hybridized carbons (Fsp3) is 0.545. The van der Waals surface area contributed by atoms with Gasteiger partial charge < -0.3 is 5.11 Å². The first-order valence-electron chi connectivity index (χ1n) is 5.40. The molecular weight excluding hydrogens is 276 g/mol. The molecule has 0 radical (unpaired) electrons. The van der Waals surface area contributed by atoms with Crippen LogP contribution in [0, 0.1) is 0 Å². The van der Waals surface area contributed by atoms with Crippen molar-refractivity contribution in [3.8, 4) is 0 Å². The van der Waals surface area contributed by atoms with Crippen LogP contribution in [0.25, 0.3) is 0 Å². The number of halogens is 1. The number of hydrogen-bond donors (Lipinski definition) is 2. The van der Waals surface area contributed by atoms with Crippen molar-refractivity contribution in [2.75, 3.05) is 5.88 Å². The van der Waals surface area contributed by atoms with Gasteiger partial charge in [-0.2, -0.15) is 0 Å². The number of alkyl halides is 1. The van der Waals surface area contributed by atoms with Crippen molar-refractivity contribution in [2.24, 2.45) is 0 Å². The van der Waals surface area contributed by atoms with Gasteiger partial charge in [0.25, 0.3) is 10.0 Å². The van der Waals surface area contributed by atoms with Gasteiger partial charge in [0, 0.05) is 17.3 Å². The smallest absolute Gasteiger partial charge is 0.258 e. The lowest BCUT2D eigenvalue weighted by Gasteiger charge is -2.21. The van der Waals surface area contributed by atoms with Crippen LogP contribution in [0.2, 0.25) is 0 Å². The Labute approximate surface area is 112 Å². The number of sulfonamides is 1. The van der Waals surface area contributed by atoms with E-state index >= 15 is 0 Å². The largest absolute Gasteiger partial charge is 0.387 e. The van der Waals surface area contributed by atoms with Crippen molar-refractivity contribution >= 4 is 21.6 Å². The topological polar surface area (TPSA) is 79.3 Å². The minimum atomic E-state index is -3.78. The summed E-state index contributed by atoms with van der Waals surface area (Å²) in [6, 6.07) is 3.05. The van der Waals surface area contributed by atoms with Crippen LogP contribution in [0.3, 0.4) is 0 Å². The number of nitrogens with zero attached hydrogens (tertiary/aromatic N) is 1. The highest BCUT2D eigenvalue weighted by Crippen LogP contribution is 2.22. The summed E-state index contributed by atoms with van der Waals surface area (Å²) < 4.78 is 26.8. The zero-order valence-corrected chi connectivity index (χ0v) is 12.1. The fourth-order valence-electron chi connectivity index (χ4n) is 1.42. The van der Waals surface area contributed by atoms with Gasteiger partial charge in [-0.15, -0.1) is 11.6 Å². The number of aliphatic hydroxyl groups is 1. The average molecular weight is 293 g/mol. The first-order chi connectivity index (χ1) is 8.17. The number of hydrogen-bond acceptors (Lipinski definition) is 4. The average Bonchev–Trinajstić information content (AvgIpc) is 2.25. The molecule has 1 unspecified atom stereocenters. The van der Waals surface area contributed by atoms with Crippen LogP contribution in [0.1, 0.15) is 32.4 Å². The highest BCUT2D eigenvalue weighted by Gasteiger charge is 2.27. The Balaban J connectivity index is 3.25. The van der Waals surface area contributed by atoms with E-state index in [1.807, 2.05) is 0 Å². The van der Waals surface area contributed by atoms with E-state index in [-0.39, 0.29) is 16.5 Å². The van der Waals surface area contributed by atoms with E-state index in [0.29, 0.717) is 0 Å². The second-order valence-electron chi connectivity index (χ2n) is 4.92. The van der Waals surface area contributed by atoms with Gasteiger partial charge in [0.15, 0.2) is 5.03 Å². The van der Waals surface area contributed by atoms with E-state index in [4.69, 9.17) is 11.6 Å². The van der Waals surface area contributed by atoms with Gasteiger partial charge in [0.05, 0.1) is 12.0 Å². The van der Waals surface area contributed by atoms with E-state index in [1.165, 1.54) is 12.3 Å². The summed E-state index contributed by atoms with van der Waals surface area (Å²) in [5, 5.41) is 9.52. The monoisotopic (exact) mass is 292 g/mol. The SMILES string of the molecule is CC(C)(C)NS(=O)(=O)c1ncccc1C(O)CCl. The number of aromatic nitrogens is 1. The van der Waals surface area contributed by atoms with Crippen LogP contribution >= 0.6 is 11.6 Å². The number of nitrogens with one attached hydrogen (secondary N) is 1. The van der Waals surface area contributed by atoms with Gasteiger partial charge in [0.2, 0.25) is 0 Å². The molecule has 0 aromatic carbocycles. The van der Waals surface area contributed by atoms with Gasteiger partial charge in [-0.05, 0) is 26.8 Å². The molecule has 1 atom stereocenters. The molecular formula is C11H17ClN2O3S. The Hall–Kier alpha value is -0.690. The summed E-state index contributed by atoms with van der Waals surface area (Å²) in [7, 11) is -3.78. The van der Waals surface area contributed by atoms with Crippen molar-refractivity contribution in [1.29, 1.82) is 0 Å². The Morgan fingerprint density at radius 1 is 1.50 bits per heavy atom. The van der Waals surface area contributed by atoms with E-state index in [9.17, 15) is 13.5 Å². The summed E-state index contributed by atoms with van der Waals surface area (Å²) in [6.45, 7) is 5.18. The maximum atomic E-state index is 12.2. The Bertz CT molecular complexity index is 511. The molecule has 0 bridgehead atoms. The number of pyridine rings is 1. The summed E-state index contributed by atoms with van der Waals surface area (Å²) in [5.41, 5.74) is -0.427. The van der Waals surface area contributed by atoms with Gasteiger partial charge in [-0.1, -0.05) is 6.07 Å². The highest BCUT2D eigenvalue weighted by molar-refractivity contribution is 7.89. The third kappa shape index (κ3) is 3.91. The Morgan fingerprint density at radius 3 is 2.61 bits per heavy atom. The molecule has 1 rings (SSSR count). The number of rotatable bonds is 4. The molecule has 0 fully saturated rings. The molecule has 1 heterocycles. The lowest BCUT2D eigenvalue weighted by molar-refractivity contribution is 0.198. The summed E-state index contributed by atoms with van der Waals surface area (Å²) in [4.78, 5) is 3.83. The molecule has 7 heteroatoms. The summed E-state index contributed by atoms with van der Waals surface area (Å²) in [5.74, 6) is -0.0935. The normalized spacial score (nSPS) is 14.5. The summed E-state index contributed by atoms with van der Waals surface area (Å²) in [6.07, 6.45) is 0.300. The zero-order valence-electron chi connectivity index (χ0n) is 10.5. The Morgan fingerprint density at radius 2 is 2.11 bits per heavy atom. The first-order valence-corrected chi connectivity index (χ1v) is 7.42. The molecule has 0 saturated carbocycles. The quantitative estimate of drug-likeness (QED) is 0.823. The molecule has 0 aliphatic carbocycles. The minimum Gasteiger partial charge on any atom is -0.387 e. The molecule has 0 aliphatic rings. The van der Waals surface area contributed by atoms with Crippen molar-refractivity contribution in [2.45, 2.75) is 37.4 Å². The molecule has 0 saturated heterocycles. The van der Waals surface area contributed by atoms with Crippen LogP contribution in [-0.4, -0.2) is 29.9 Å². The maximum Gasteiger partial charge on any atom is 0.258 e. The van der Waals surface area contributed by atoms with Crippen molar-refractivity contribution in [3.05, 3.63) is 23.9 Å². The van der Waals surface area contributed by atoms with Crippen molar-refractivity contribution in [1.82, 2.24) is 9.71 Å². The summed E-state index contributed by atoms with van der Waals surface area (Å²) >= 11 is 5.55. The molecule has 5 nitrogen and oxygen atoms in total. The second kappa shape index (κ2) is 5.52. The zero-order chi connectivity index (χ0) is 14.0. The van der Waals surface area contributed by atoms with Crippen LogP contribution < -0.4 is 4.72 Å². The van der Waals surface area contributed by atoms with Crippen molar-refractivity contribution in [3.63, 3.8) is 0 Å². The van der Waals surface area contributed by atoms with Crippen LogP contribution in [0.15, 0.2) is 23.4 Å². The molecule has 1 aromatic rings. The lowest BCUT2D eigenvalue weighted by Crippen LogP contribution is -2.41. The van der Waals surface area contributed by atoms with Crippen LogP contribution in [0.4, 0.5) is 0 Å². The molecule has 0 amide bonds. The first kappa shape index (κ1) is 15.4. The van der Waals surface area contributed by atoms with E-state index in [1.54, 1.807) is 26.8 Å². The predicted octanol–water partition coefficient (Wildman–Crippen LogP) is 1.43. The molecule has 2 N–H and O–H groups in total. The molecule has 0 spiro atoms. The van der Waals surface area contributed by atoms with Gasteiger partial charge in [-0.3, -0.25) is 0 Å². The van der Waals surface area contributed by atoms with Crippen LogP contribution in [-0.2, 0) is 10.0 Å². The van der Waals surface area contributed by atoms with Gasteiger partial charge in [-0.25, -0.2) is 18.1 Å². The molecule has 18 heavy (non-hydrogen) atoms. The van der Waals surface area contributed by atoms with Gasteiger partial charge >= 0.3 is 0 Å². The lowest BCUT2D eigenvalue weighted by atomic mass is 10.1. The van der Waals surface area contributed by atoms with E-state index in [0.717, 1.165) is 0 Å². The molecule has 1 aromatic heterocycles. The number of aliphatic hydroxyl groups excluding tert-OH is 1. The van der Waals surface area contributed by atoms with Crippen LogP contribution in [0.5, 0.6) is 0 Å². The molecule has 0 aliphatic heterocycles. The van der Waals surface area contributed by atoms with E-state index < -0.39 is 21.7 Å². The molecule has 102 valence electrons. The third-order valence-electron chi connectivity index (χ3n) is 2.00. The minimum absolute atomic E-state index is 0.0935. The van der Waals surface area contributed by atoms with Gasteiger partial charge in [0.1, 0.15) is 0 Å². The standard InChI is InChI=1S/C11H17ClN2O3S/c1-11(2,3)14-18(16,17)10-8(9(15)7-12)5-4-6-13-10/h4-6,9,14-15H,7H2,1-3H3. The fourth-order valence-corrected chi connectivity index (χ4v) is 3.20. The van der Waals surface area contributed by atoms with Crippen molar-refractivity contribution < 1.29 is 13.5 Å². The highest BCUT2D eigenvalue weighted by atomic mass is 35.5. The maximum absolute atomic E-state index is 12.2. The third-order valence-corrected chi connectivity index (χ3v) is 4.02.